The number of nitrogens with one attached hydrogen (secondary N) is 1. The van der Waals surface area contributed by atoms with Crippen molar-refractivity contribution in [3.05, 3.63) is 0 Å². The van der Waals surface area contributed by atoms with Crippen molar-refractivity contribution in [3.63, 3.8) is 0 Å². The summed E-state index contributed by atoms with van der Waals surface area (Å²) in [7, 11) is 0. The molecule has 1 N–H and O–H groups in total. The lowest BCUT2D eigenvalue weighted by atomic mass is 9.84. The Bertz CT molecular complexity index is 538. The first kappa shape index (κ1) is 23.4. The molecule has 0 radical (unpaired) electrons. The van der Waals surface area contributed by atoms with E-state index in [1.165, 1.54) is 12.8 Å². The third kappa shape index (κ3) is 5.39. The summed E-state index contributed by atoms with van der Waals surface area (Å²) in [6.45, 7) is 11.6. The second-order valence-electron chi connectivity index (χ2n) is 9.66. The van der Waals surface area contributed by atoms with Gasteiger partial charge in [-0.15, -0.1) is 12.4 Å². The van der Waals surface area contributed by atoms with Crippen LogP contribution in [0.5, 0.6) is 0 Å². The van der Waals surface area contributed by atoms with Gasteiger partial charge in [-0.05, 0) is 38.0 Å². The zero-order valence-electron chi connectivity index (χ0n) is 17.9. The van der Waals surface area contributed by atoms with E-state index in [-0.39, 0.29) is 36.3 Å². The molecule has 0 spiro atoms. The number of rotatable bonds is 3. The number of morpholine rings is 1. The molecule has 6 nitrogen and oxygen atoms in total. The van der Waals surface area contributed by atoms with E-state index in [1.54, 1.807) is 0 Å². The van der Waals surface area contributed by atoms with Gasteiger partial charge in [-0.1, -0.05) is 27.7 Å². The quantitative estimate of drug-likeness (QED) is 0.769. The van der Waals surface area contributed by atoms with Gasteiger partial charge in [0.05, 0.1) is 19.3 Å². The molecule has 0 bridgehead atoms. The maximum absolute atomic E-state index is 13.3. The molecule has 28 heavy (non-hydrogen) atoms. The molecule has 2 amide bonds. The molecule has 3 rings (SSSR count). The highest BCUT2D eigenvalue weighted by atomic mass is 35.5. The fraction of sp³-hybridized carbons (Fsp3) is 0.905. The molecule has 3 fully saturated rings. The van der Waals surface area contributed by atoms with E-state index in [2.05, 4.69) is 17.1 Å². The van der Waals surface area contributed by atoms with Crippen molar-refractivity contribution in [2.24, 2.45) is 11.3 Å². The molecular formula is C21H38ClN3O3. The van der Waals surface area contributed by atoms with Crippen LogP contribution in [0.15, 0.2) is 0 Å². The molecule has 2 aliphatic heterocycles. The molecule has 2 saturated heterocycles. The van der Waals surface area contributed by atoms with Crippen LogP contribution in [0.2, 0.25) is 0 Å². The average molecular weight is 416 g/mol. The van der Waals surface area contributed by atoms with Crippen molar-refractivity contribution >= 4 is 24.2 Å². The number of hydrogen-bond donors (Lipinski definition) is 1. The minimum Gasteiger partial charge on any atom is -0.378 e. The topological polar surface area (TPSA) is 61.9 Å². The monoisotopic (exact) mass is 415 g/mol. The number of halogens is 1. The number of ether oxygens (including phenoxy) is 1. The fourth-order valence-corrected chi connectivity index (χ4v) is 4.66. The molecule has 0 aromatic heterocycles. The zero-order chi connectivity index (χ0) is 19.6. The summed E-state index contributed by atoms with van der Waals surface area (Å²) < 4.78 is 5.36. The minimum atomic E-state index is -0.393. The molecule has 162 valence electrons. The molecule has 0 unspecified atom stereocenters. The fourth-order valence-electron chi connectivity index (χ4n) is 4.66. The summed E-state index contributed by atoms with van der Waals surface area (Å²) in [6.07, 6.45) is 5.27. The van der Waals surface area contributed by atoms with Gasteiger partial charge >= 0.3 is 0 Å². The van der Waals surface area contributed by atoms with Gasteiger partial charge in [-0.2, -0.15) is 0 Å². The number of carbonyl (C=O) groups excluding carboxylic acids is 2. The van der Waals surface area contributed by atoms with Crippen LogP contribution in [0.3, 0.4) is 0 Å². The molecule has 7 heteroatoms. The highest BCUT2D eigenvalue weighted by Gasteiger charge is 2.42. The lowest BCUT2D eigenvalue weighted by Crippen LogP contribution is -2.53. The normalized spacial score (nSPS) is 31.2. The molecule has 1 aliphatic carbocycles. The van der Waals surface area contributed by atoms with Crippen LogP contribution >= 0.6 is 12.4 Å². The summed E-state index contributed by atoms with van der Waals surface area (Å²) in [5, 5.41) is 3.41. The first-order valence-corrected chi connectivity index (χ1v) is 10.7. The Morgan fingerprint density at radius 3 is 2.21 bits per heavy atom. The predicted molar refractivity (Wildman–Crippen MR) is 113 cm³/mol. The summed E-state index contributed by atoms with van der Waals surface area (Å²) in [5.41, 5.74) is -0.393. The van der Waals surface area contributed by atoms with Crippen molar-refractivity contribution in [1.29, 1.82) is 0 Å². The van der Waals surface area contributed by atoms with Gasteiger partial charge in [-0.3, -0.25) is 9.59 Å². The predicted octanol–water partition coefficient (Wildman–Crippen LogP) is 2.45. The van der Waals surface area contributed by atoms with Gasteiger partial charge in [0.15, 0.2) is 0 Å². The van der Waals surface area contributed by atoms with Gasteiger partial charge in [0.25, 0.3) is 0 Å². The van der Waals surface area contributed by atoms with E-state index in [9.17, 15) is 9.59 Å². The Morgan fingerprint density at radius 1 is 1.04 bits per heavy atom. The van der Waals surface area contributed by atoms with Crippen LogP contribution in [0.4, 0.5) is 0 Å². The molecule has 3 aliphatic rings. The second kappa shape index (κ2) is 9.77. The van der Waals surface area contributed by atoms with Gasteiger partial charge in [0, 0.05) is 37.1 Å². The zero-order valence-corrected chi connectivity index (χ0v) is 18.7. The third-order valence-electron chi connectivity index (χ3n) is 6.38. The lowest BCUT2D eigenvalue weighted by molar-refractivity contribution is -0.146. The van der Waals surface area contributed by atoms with Crippen LogP contribution in [0.1, 0.15) is 59.8 Å². The Labute approximate surface area is 176 Å². The summed E-state index contributed by atoms with van der Waals surface area (Å²) in [4.78, 5) is 30.2. The number of amides is 2. The van der Waals surface area contributed by atoms with E-state index >= 15 is 0 Å². The molecule has 0 aromatic carbocycles. The highest BCUT2D eigenvalue weighted by Crippen LogP contribution is 2.33. The van der Waals surface area contributed by atoms with Gasteiger partial charge in [-0.25, -0.2) is 0 Å². The summed E-state index contributed by atoms with van der Waals surface area (Å²) in [6, 6.07) is 0.257. The van der Waals surface area contributed by atoms with Crippen molar-refractivity contribution in [2.75, 3.05) is 32.8 Å². The average Bonchev–Trinajstić information content (AvgIpc) is 3.12. The Balaban J connectivity index is 0.00000280. The van der Waals surface area contributed by atoms with Crippen molar-refractivity contribution in [3.8, 4) is 0 Å². The molecule has 0 aromatic rings. The molecule has 1 saturated carbocycles. The Kier molecular flexibility index (Phi) is 8.17. The smallest absolute Gasteiger partial charge is 0.239 e. The Hall–Kier alpha value is -0.850. The van der Waals surface area contributed by atoms with Gasteiger partial charge in [0.2, 0.25) is 11.8 Å². The van der Waals surface area contributed by atoms with Gasteiger partial charge < -0.3 is 19.9 Å². The number of hydrogen-bond acceptors (Lipinski definition) is 4. The lowest BCUT2D eigenvalue weighted by Gasteiger charge is -2.42. The molecule has 2 heterocycles. The maximum Gasteiger partial charge on any atom is 0.239 e. The van der Waals surface area contributed by atoms with E-state index < -0.39 is 5.41 Å². The number of carbonyl (C=O) groups is 2. The molecular weight excluding hydrogens is 378 g/mol. The van der Waals surface area contributed by atoms with Gasteiger partial charge in [0.1, 0.15) is 0 Å². The van der Waals surface area contributed by atoms with Crippen LogP contribution in [0, 0.1) is 11.3 Å². The SMILES string of the molecule is CC1CCC(N(C(=O)C(C)(C)C)[C@@H]2CN[C@H](C(=O)N3CCOCC3)C2)CC1.Cl. The van der Waals surface area contributed by atoms with Crippen molar-refractivity contribution in [2.45, 2.75) is 77.9 Å². The van der Waals surface area contributed by atoms with Crippen LogP contribution in [-0.4, -0.2) is 72.6 Å². The largest absolute Gasteiger partial charge is 0.378 e. The minimum absolute atomic E-state index is 0. The van der Waals surface area contributed by atoms with Crippen molar-refractivity contribution in [1.82, 2.24) is 15.1 Å². The van der Waals surface area contributed by atoms with E-state index in [0.29, 0.717) is 38.9 Å². The molecule has 2 atom stereocenters. The van der Waals surface area contributed by atoms with E-state index in [4.69, 9.17) is 4.74 Å². The maximum atomic E-state index is 13.3. The Morgan fingerprint density at radius 2 is 1.64 bits per heavy atom. The van der Waals surface area contributed by atoms with Crippen LogP contribution in [-0.2, 0) is 14.3 Å². The standard InChI is InChI=1S/C21H37N3O3.ClH/c1-15-5-7-16(8-6-15)24(20(26)21(2,3)4)17-13-18(22-14-17)19(25)23-9-11-27-12-10-23;/h15-18,22H,5-14H2,1-4H3;1H/t15?,16?,17-,18-;/m0./s1. The second-order valence-corrected chi connectivity index (χ2v) is 9.66. The third-order valence-corrected chi connectivity index (χ3v) is 6.38. The van der Waals surface area contributed by atoms with Crippen LogP contribution in [0.25, 0.3) is 0 Å². The van der Waals surface area contributed by atoms with E-state index in [1.807, 2.05) is 25.7 Å². The summed E-state index contributed by atoms with van der Waals surface area (Å²) in [5.74, 6) is 1.15. The summed E-state index contributed by atoms with van der Waals surface area (Å²) >= 11 is 0. The number of nitrogens with zero attached hydrogens (tertiary/aromatic N) is 2. The first-order chi connectivity index (χ1) is 12.8. The van der Waals surface area contributed by atoms with E-state index in [0.717, 1.165) is 25.2 Å². The highest BCUT2D eigenvalue weighted by molar-refractivity contribution is 5.85. The first-order valence-electron chi connectivity index (χ1n) is 10.7. The van der Waals surface area contributed by atoms with Crippen LogP contribution < -0.4 is 5.32 Å². The van der Waals surface area contributed by atoms with Crippen molar-refractivity contribution < 1.29 is 14.3 Å².